The molecule has 2 rings (SSSR count). The second-order valence-electron chi connectivity index (χ2n) is 6.11. The topological polar surface area (TPSA) is 145 Å². The number of nitrogens with zero attached hydrogens (tertiary/aromatic N) is 5. The lowest BCUT2D eigenvalue weighted by atomic mass is 9.98. The molecule has 0 atom stereocenters. The predicted molar refractivity (Wildman–Crippen MR) is 85.1 cm³/mol. The van der Waals surface area contributed by atoms with E-state index in [1.54, 1.807) is 23.9 Å². The number of non-ortho nitro benzene ring substituents is 1. The van der Waals surface area contributed by atoms with Crippen LogP contribution in [0.1, 0.15) is 0 Å². The van der Waals surface area contributed by atoms with Crippen LogP contribution < -0.4 is 4.74 Å². The molecular formula is C13H17N5O7. The van der Waals surface area contributed by atoms with Gasteiger partial charge in [-0.3, -0.25) is 40.1 Å². The number of nitro benzene ring substituents is 2. The first-order chi connectivity index (χ1) is 11.6. The van der Waals surface area contributed by atoms with Gasteiger partial charge < -0.3 is 4.74 Å². The number of benzene rings is 1. The zero-order valence-electron chi connectivity index (χ0n) is 13.7. The number of ether oxygens (including phenoxy) is 1. The Morgan fingerprint density at radius 3 is 2.16 bits per heavy atom. The molecule has 12 nitrogen and oxygen atoms in total. The van der Waals surface area contributed by atoms with Crippen molar-refractivity contribution in [1.82, 2.24) is 9.80 Å². The highest BCUT2D eigenvalue weighted by atomic mass is 16.6. The minimum atomic E-state index is -1.46. The number of hydrogen-bond donors (Lipinski definition) is 0. The number of rotatable bonds is 6. The summed E-state index contributed by atoms with van der Waals surface area (Å²) in [6.07, 6.45) is 0. The van der Waals surface area contributed by atoms with E-state index < -0.39 is 38.3 Å². The van der Waals surface area contributed by atoms with E-state index in [0.717, 1.165) is 18.2 Å². The Morgan fingerprint density at radius 1 is 1.08 bits per heavy atom. The van der Waals surface area contributed by atoms with Gasteiger partial charge in [0, 0.05) is 11.0 Å². The normalized spacial score (nSPS) is 17.8. The van der Waals surface area contributed by atoms with Gasteiger partial charge in [0.2, 0.25) is 0 Å². The van der Waals surface area contributed by atoms with Crippen LogP contribution in [0.3, 0.4) is 0 Å². The minimum Gasteiger partial charge on any atom is -0.479 e. The molecule has 1 fully saturated rings. The van der Waals surface area contributed by atoms with Crippen LogP contribution >= 0.6 is 0 Å². The van der Waals surface area contributed by atoms with Gasteiger partial charge in [-0.2, -0.15) is 0 Å². The lowest BCUT2D eigenvalue weighted by Crippen LogP contribution is -2.63. The zero-order valence-corrected chi connectivity index (χ0v) is 13.7. The Hall–Kier alpha value is -2.86. The molecule has 0 aromatic heterocycles. The average molecular weight is 355 g/mol. The van der Waals surface area contributed by atoms with Crippen LogP contribution in [0, 0.1) is 30.3 Å². The lowest BCUT2D eigenvalue weighted by molar-refractivity contribution is -0.577. The molecule has 12 heteroatoms. The van der Waals surface area contributed by atoms with Crippen molar-refractivity contribution in [3.63, 3.8) is 0 Å². The van der Waals surface area contributed by atoms with Crippen molar-refractivity contribution >= 4 is 11.4 Å². The van der Waals surface area contributed by atoms with E-state index in [-0.39, 0.29) is 18.8 Å². The van der Waals surface area contributed by atoms with E-state index in [9.17, 15) is 30.3 Å². The van der Waals surface area contributed by atoms with Gasteiger partial charge in [0.05, 0.1) is 35.7 Å². The van der Waals surface area contributed by atoms with Crippen molar-refractivity contribution in [2.24, 2.45) is 0 Å². The maximum Gasteiger partial charge on any atom is 0.317 e. The van der Waals surface area contributed by atoms with Crippen molar-refractivity contribution in [1.29, 1.82) is 0 Å². The molecule has 1 saturated heterocycles. The molecule has 0 N–H and O–H groups in total. The molecule has 0 bridgehead atoms. The third-order valence-electron chi connectivity index (χ3n) is 3.84. The van der Waals surface area contributed by atoms with Crippen LogP contribution in [0.5, 0.6) is 5.75 Å². The Balaban J connectivity index is 2.28. The maximum atomic E-state index is 11.6. The molecule has 1 aliphatic heterocycles. The minimum absolute atomic E-state index is 0.116. The SMILES string of the molecule is CN1CN(C)CC(COc2ccc([N+](=O)[O-])cc2[N+](=O)[O-])([N+](=O)[O-])C1. The highest BCUT2D eigenvalue weighted by Gasteiger charge is 2.49. The molecule has 1 aromatic rings. The summed E-state index contributed by atoms with van der Waals surface area (Å²) in [5, 5.41) is 33.5. The Bertz CT molecular complexity index is 700. The predicted octanol–water partition coefficient (Wildman–Crippen LogP) is 0.732. The van der Waals surface area contributed by atoms with Gasteiger partial charge in [0.25, 0.3) is 11.2 Å². The third-order valence-corrected chi connectivity index (χ3v) is 3.84. The summed E-state index contributed by atoms with van der Waals surface area (Å²) in [5.74, 6) is -0.243. The van der Waals surface area contributed by atoms with Gasteiger partial charge in [0.15, 0.2) is 12.4 Å². The van der Waals surface area contributed by atoms with Crippen LogP contribution in [-0.2, 0) is 0 Å². The van der Waals surface area contributed by atoms with Gasteiger partial charge in [0.1, 0.15) is 0 Å². The summed E-state index contributed by atoms with van der Waals surface area (Å²) in [6.45, 7) is 0.386. The largest absolute Gasteiger partial charge is 0.479 e. The van der Waals surface area contributed by atoms with Gasteiger partial charge in [-0.25, -0.2) is 0 Å². The molecule has 0 saturated carbocycles. The molecule has 0 amide bonds. The fourth-order valence-electron chi connectivity index (χ4n) is 2.92. The highest BCUT2D eigenvalue weighted by Crippen LogP contribution is 2.32. The first-order valence-corrected chi connectivity index (χ1v) is 7.22. The lowest BCUT2D eigenvalue weighted by Gasteiger charge is -2.39. The van der Waals surface area contributed by atoms with Crippen molar-refractivity contribution in [3.8, 4) is 5.75 Å². The summed E-state index contributed by atoms with van der Waals surface area (Å²) in [4.78, 5) is 34.9. The smallest absolute Gasteiger partial charge is 0.317 e. The molecule has 0 spiro atoms. The molecule has 136 valence electrons. The molecule has 0 aliphatic carbocycles. The van der Waals surface area contributed by atoms with Crippen LogP contribution in [0.4, 0.5) is 11.4 Å². The van der Waals surface area contributed by atoms with Crippen LogP contribution in [0.15, 0.2) is 18.2 Å². The Kier molecular flexibility index (Phi) is 5.13. The summed E-state index contributed by atoms with van der Waals surface area (Å²) < 4.78 is 5.37. The quantitative estimate of drug-likeness (QED) is 0.532. The molecular weight excluding hydrogens is 338 g/mol. The number of nitro groups is 3. The van der Waals surface area contributed by atoms with Gasteiger partial charge in [-0.1, -0.05) is 0 Å². The van der Waals surface area contributed by atoms with Crippen LogP contribution in [0.25, 0.3) is 0 Å². The first kappa shape index (κ1) is 18.5. The van der Waals surface area contributed by atoms with Crippen molar-refractivity contribution in [3.05, 3.63) is 48.5 Å². The zero-order chi connectivity index (χ0) is 18.8. The van der Waals surface area contributed by atoms with Crippen molar-refractivity contribution < 1.29 is 19.5 Å². The molecule has 1 aliphatic rings. The first-order valence-electron chi connectivity index (χ1n) is 7.22. The van der Waals surface area contributed by atoms with Crippen LogP contribution in [0.2, 0.25) is 0 Å². The second-order valence-corrected chi connectivity index (χ2v) is 6.11. The van der Waals surface area contributed by atoms with E-state index in [1.165, 1.54) is 0 Å². The monoisotopic (exact) mass is 355 g/mol. The van der Waals surface area contributed by atoms with Crippen molar-refractivity contribution in [2.75, 3.05) is 40.5 Å². The van der Waals surface area contributed by atoms with E-state index in [4.69, 9.17) is 4.74 Å². The third kappa shape index (κ3) is 3.97. The fraction of sp³-hybridized carbons (Fsp3) is 0.538. The highest BCUT2D eigenvalue weighted by molar-refractivity contribution is 5.53. The van der Waals surface area contributed by atoms with E-state index in [1.807, 2.05) is 0 Å². The molecule has 0 unspecified atom stereocenters. The van der Waals surface area contributed by atoms with Crippen molar-refractivity contribution in [2.45, 2.75) is 5.54 Å². The van der Waals surface area contributed by atoms with E-state index in [2.05, 4.69) is 0 Å². The molecule has 25 heavy (non-hydrogen) atoms. The summed E-state index contributed by atoms with van der Waals surface area (Å²) in [6, 6.07) is 2.91. The summed E-state index contributed by atoms with van der Waals surface area (Å²) in [5.41, 5.74) is -2.53. The van der Waals surface area contributed by atoms with Crippen LogP contribution in [-0.4, -0.2) is 70.6 Å². The molecule has 0 radical (unpaired) electrons. The Morgan fingerprint density at radius 2 is 1.68 bits per heavy atom. The fourth-order valence-corrected chi connectivity index (χ4v) is 2.92. The number of hydrogen-bond acceptors (Lipinski definition) is 9. The number of likely N-dealkylation sites (N-methyl/N-ethyl adjacent to an activating group) is 2. The van der Waals surface area contributed by atoms with E-state index in [0.29, 0.717) is 6.67 Å². The van der Waals surface area contributed by atoms with Gasteiger partial charge in [-0.15, -0.1) is 0 Å². The summed E-state index contributed by atoms with van der Waals surface area (Å²) >= 11 is 0. The van der Waals surface area contributed by atoms with Gasteiger partial charge >= 0.3 is 5.69 Å². The summed E-state index contributed by atoms with van der Waals surface area (Å²) in [7, 11) is 3.45. The standard InChI is InChI=1S/C13H17N5O7/c1-14-6-13(18(23)24,7-15(2)9-14)8-25-12-4-3-10(16(19)20)5-11(12)17(21)22/h3-5H,6-9H2,1-2H3. The maximum absolute atomic E-state index is 11.6. The average Bonchev–Trinajstić information content (AvgIpc) is 2.51. The molecule has 1 heterocycles. The Labute approximate surface area is 142 Å². The van der Waals surface area contributed by atoms with E-state index >= 15 is 0 Å². The van der Waals surface area contributed by atoms with Gasteiger partial charge in [-0.05, 0) is 20.2 Å². The molecule has 1 aromatic carbocycles. The second kappa shape index (κ2) is 6.94.